The Labute approximate surface area is 95.0 Å². The SMILES string of the molecule is COc1ccc2c(c1)C(O)(CN)CCCO2. The number of aliphatic hydroxyl groups is 1. The lowest BCUT2D eigenvalue weighted by Crippen LogP contribution is -2.34. The minimum absolute atomic E-state index is 0.191. The minimum atomic E-state index is -1.000. The number of rotatable bonds is 2. The molecule has 1 atom stereocenters. The number of hydrogen-bond acceptors (Lipinski definition) is 4. The van der Waals surface area contributed by atoms with E-state index in [4.69, 9.17) is 15.2 Å². The summed E-state index contributed by atoms with van der Waals surface area (Å²) in [5.74, 6) is 1.40. The summed E-state index contributed by atoms with van der Waals surface area (Å²) in [7, 11) is 1.60. The first-order valence-corrected chi connectivity index (χ1v) is 5.43. The molecule has 1 aromatic carbocycles. The fourth-order valence-electron chi connectivity index (χ4n) is 2.02. The Kier molecular flexibility index (Phi) is 3.03. The molecule has 0 saturated heterocycles. The maximum atomic E-state index is 10.5. The van der Waals surface area contributed by atoms with Crippen molar-refractivity contribution in [3.8, 4) is 11.5 Å². The Balaban J connectivity index is 2.49. The molecule has 0 aromatic heterocycles. The molecule has 0 amide bonds. The second-order valence-corrected chi connectivity index (χ2v) is 4.05. The normalized spacial score (nSPS) is 24.2. The number of fused-ring (bicyclic) bond motifs is 1. The topological polar surface area (TPSA) is 64.7 Å². The molecule has 0 fully saturated rings. The summed E-state index contributed by atoms with van der Waals surface area (Å²) in [6.07, 6.45) is 1.41. The standard InChI is InChI=1S/C12H17NO3/c1-15-9-3-4-11-10(7-9)12(14,8-13)5-2-6-16-11/h3-4,7,14H,2,5-6,8,13H2,1H3. The highest BCUT2D eigenvalue weighted by atomic mass is 16.5. The van der Waals surface area contributed by atoms with E-state index in [2.05, 4.69) is 0 Å². The van der Waals surface area contributed by atoms with Crippen molar-refractivity contribution in [2.45, 2.75) is 18.4 Å². The molecule has 3 N–H and O–H groups in total. The van der Waals surface area contributed by atoms with E-state index < -0.39 is 5.60 Å². The molecule has 0 bridgehead atoms. The molecule has 4 heteroatoms. The van der Waals surface area contributed by atoms with Gasteiger partial charge in [-0.15, -0.1) is 0 Å². The van der Waals surface area contributed by atoms with Crippen LogP contribution in [-0.4, -0.2) is 25.4 Å². The summed E-state index contributed by atoms with van der Waals surface area (Å²) >= 11 is 0. The van der Waals surface area contributed by atoms with Crippen LogP contribution < -0.4 is 15.2 Å². The van der Waals surface area contributed by atoms with E-state index in [0.717, 1.165) is 12.0 Å². The summed E-state index contributed by atoms with van der Waals surface area (Å²) in [4.78, 5) is 0. The largest absolute Gasteiger partial charge is 0.497 e. The van der Waals surface area contributed by atoms with E-state index in [-0.39, 0.29) is 6.54 Å². The van der Waals surface area contributed by atoms with Gasteiger partial charge in [-0.2, -0.15) is 0 Å². The summed E-state index contributed by atoms with van der Waals surface area (Å²) < 4.78 is 10.7. The average Bonchev–Trinajstić information content (AvgIpc) is 2.49. The molecule has 0 saturated carbocycles. The molecule has 1 heterocycles. The molecule has 2 rings (SSSR count). The number of hydrogen-bond donors (Lipinski definition) is 2. The summed E-state index contributed by atoms with van der Waals surface area (Å²) in [6.45, 7) is 0.804. The third-order valence-electron chi connectivity index (χ3n) is 3.02. The second-order valence-electron chi connectivity index (χ2n) is 4.05. The van der Waals surface area contributed by atoms with Crippen LogP contribution in [0.5, 0.6) is 11.5 Å². The number of benzene rings is 1. The summed E-state index contributed by atoms with van der Waals surface area (Å²) in [5, 5.41) is 10.5. The molecule has 88 valence electrons. The van der Waals surface area contributed by atoms with Crippen molar-refractivity contribution in [2.24, 2.45) is 5.73 Å². The van der Waals surface area contributed by atoms with Gasteiger partial charge in [-0.3, -0.25) is 0 Å². The van der Waals surface area contributed by atoms with Crippen molar-refractivity contribution in [1.29, 1.82) is 0 Å². The van der Waals surface area contributed by atoms with E-state index in [0.29, 0.717) is 24.5 Å². The van der Waals surface area contributed by atoms with Gasteiger partial charge >= 0.3 is 0 Å². The highest BCUT2D eigenvalue weighted by Crippen LogP contribution is 2.37. The quantitative estimate of drug-likeness (QED) is 0.785. The van der Waals surface area contributed by atoms with Crippen LogP contribution in [-0.2, 0) is 5.60 Å². The molecule has 4 nitrogen and oxygen atoms in total. The van der Waals surface area contributed by atoms with Crippen LogP contribution in [0, 0.1) is 0 Å². The monoisotopic (exact) mass is 223 g/mol. The van der Waals surface area contributed by atoms with E-state index in [1.807, 2.05) is 12.1 Å². The number of nitrogens with two attached hydrogens (primary N) is 1. The third-order valence-corrected chi connectivity index (χ3v) is 3.02. The molecule has 16 heavy (non-hydrogen) atoms. The lowest BCUT2D eigenvalue weighted by atomic mass is 9.89. The minimum Gasteiger partial charge on any atom is -0.497 e. The molecule has 1 unspecified atom stereocenters. The van der Waals surface area contributed by atoms with Crippen molar-refractivity contribution in [3.05, 3.63) is 23.8 Å². The van der Waals surface area contributed by atoms with Gasteiger partial charge in [0.05, 0.1) is 13.7 Å². The van der Waals surface area contributed by atoms with Gasteiger partial charge in [-0.05, 0) is 31.0 Å². The highest BCUT2D eigenvalue weighted by Gasteiger charge is 2.33. The van der Waals surface area contributed by atoms with E-state index in [9.17, 15) is 5.11 Å². The lowest BCUT2D eigenvalue weighted by Gasteiger charge is -2.26. The Morgan fingerprint density at radius 2 is 2.38 bits per heavy atom. The molecule has 0 aliphatic carbocycles. The third kappa shape index (κ3) is 1.86. The van der Waals surface area contributed by atoms with Crippen LogP contribution in [0.25, 0.3) is 0 Å². The van der Waals surface area contributed by atoms with E-state index in [1.165, 1.54) is 0 Å². The van der Waals surface area contributed by atoms with Crippen molar-refractivity contribution < 1.29 is 14.6 Å². The fraction of sp³-hybridized carbons (Fsp3) is 0.500. The first-order chi connectivity index (χ1) is 7.69. The van der Waals surface area contributed by atoms with Crippen molar-refractivity contribution in [3.63, 3.8) is 0 Å². The Hall–Kier alpha value is -1.26. The molecular weight excluding hydrogens is 206 g/mol. The zero-order valence-electron chi connectivity index (χ0n) is 9.40. The van der Waals surface area contributed by atoms with Crippen LogP contribution in [0.2, 0.25) is 0 Å². The van der Waals surface area contributed by atoms with Crippen LogP contribution in [0.1, 0.15) is 18.4 Å². The predicted octanol–water partition coefficient (Wildman–Crippen LogP) is 1.01. The molecule has 1 aromatic rings. The first-order valence-electron chi connectivity index (χ1n) is 5.43. The first kappa shape index (κ1) is 11.2. The van der Waals surface area contributed by atoms with Gasteiger partial charge in [-0.1, -0.05) is 0 Å². The van der Waals surface area contributed by atoms with Gasteiger partial charge in [0.15, 0.2) is 0 Å². The molecular formula is C12H17NO3. The van der Waals surface area contributed by atoms with Gasteiger partial charge in [0, 0.05) is 12.1 Å². The van der Waals surface area contributed by atoms with Crippen molar-refractivity contribution in [2.75, 3.05) is 20.3 Å². The smallest absolute Gasteiger partial charge is 0.125 e. The van der Waals surface area contributed by atoms with Crippen LogP contribution in [0.4, 0.5) is 0 Å². The second kappa shape index (κ2) is 4.31. The zero-order chi connectivity index (χ0) is 11.6. The Morgan fingerprint density at radius 1 is 1.56 bits per heavy atom. The van der Waals surface area contributed by atoms with Gasteiger partial charge in [0.1, 0.15) is 17.1 Å². The summed E-state index contributed by atoms with van der Waals surface area (Å²) in [6, 6.07) is 5.44. The van der Waals surface area contributed by atoms with Gasteiger partial charge in [0.2, 0.25) is 0 Å². The Bertz CT molecular complexity index is 381. The molecule has 1 aliphatic heterocycles. The zero-order valence-corrected chi connectivity index (χ0v) is 9.40. The van der Waals surface area contributed by atoms with Gasteiger partial charge < -0.3 is 20.3 Å². The highest BCUT2D eigenvalue weighted by molar-refractivity contribution is 5.44. The van der Waals surface area contributed by atoms with E-state index >= 15 is 0 Å². The van der Waals surface area contributed by atoms with Crippen LogP contribution in [0.15, 0.2) is 18.2 Å². The average molecular weight is 223 g/mol. The van der Waals surface area contributed by atoms with Gasteiger partial charge in [-0.25, -0.2) is 0 Å². The lowest BCUT2D eigenvalue weighted by molar-refractivity contribution is 0.0372. The summed E-state index contributed by atoms with van der Waals surface area (Å²) in [5.41, 5.74) is 5.40. The maximum Gasteiger partial charge on any atom is 0.125 e. The number of ether oxygens (including phenoxy) is 2. The van der Waals surface area contributed by atoms with Crippen LogP contribution >= 0.6 is 0 Å². The van der Waals surface area contributed by atoms with Crippen molar-refractivity contribution >= 4 is 0 Å². The van der Waals surface area contributed by atoms with Crippen molar-refractivity contribution in [1.82, 2.24) is 0 Å². The van der Waals surface area contributed by atoms with Crippen LogP contribution in [0.3, 0.4) is 0 Å². The maximum absolute atomic E-state index is 10.5. The number of methoxy groups -OCH3 is 1. The predicted molar refractivity (Wildman–Crippen MR) is 60.7 cm³/mol. The Morgan fingerprint density at radius 3 is 3.06 bits per heavy atom. The van der Waals surface area contributed by atoms with E-state index in [1.54, 1.807) is 13.2 Å². The molecule has 0 spiro atoms. The molecule has 0 radical (unpaired) electrons. The molecule has 1 aliphatic rings. The fourth-order valence-corrected chi connectivity index (χ4v) is 2.02. The van der Waals surface area contributed by atoms with Gasteiger partial charge in [0.25, 0.3) is 0 Å².